The first-order valence-electron chi connectivity index (χ1n) is 4.89. The van der Waals surface area contributed by atoms with Gasteiger partial charge in [0.05, 0.1) is 6.42 Å². The molecule has 0 amide bonds. The van der Waals surface area contributed by atoms with E-state index in [0.29, 0.717) is 5.92 Å². The minimum atomic E-state index is -0.728. The number of aliphatic carboxylic acids is 1. The van der Waals surface area contributed by atoms with Gasteiger partial charge in [0.1, 0.15) is 11.5 Å². The van der Waals surface area contributed by atoms with Crippen LogP contribution in [0.25, 0.3) is 0 Å². The van der Waals surface area contributed by atoms with Crippen LogP contribution in [0.2, 0.25) is 0 Å². The molecule has 14 heavy (non-hydrogen) atoms. The highest BCUT2D eigenvalue weighted by molar-refractivity contribution is 5.68. The van der Waals surface area contributed by atoms with Crippen LogP contribution in [0.3, 0.4) is 0 Å². The van der Waals surface area contributed by atoms with Gasteiger partial charge in [-0.05, 0) is 24.5 Å². The Morgan fingerprint density at radius 1 is 1.71 bits per heavy atom. The molecule has 0 saturated heterocycles. The lowest BCUT2D eigenvalue weighted by Crippen LogP contribution is -2.09. The maximum atomic E-state index is 10.7. The summed E-state index contributed by atoms with van der Waals surface area (Å²) in [5.41, 5.74) is 1.11. The van der Waals surface area contributed by atoms with E-state index in [0.717, 1.165) is 23.5 Å². The van der Waals surface area contributed by atoms with Gasteiger partial charge in [0, 0.05) is 12.3 Å². The Bertz CT molecular complexity index is 365. The van der Waals surface area contributed by atoms with Gasteiger partial charge in [0.25, 0.3) is 0 Å². The fraction of sp³-hybridized carbons (Fsp3) is 0.545. The zero-order valence-corrected chi connectivity index (χ0v) is 8.41. The van der Waals surface area contributed by atoms with Crippen LogP contribution < -0.4 is 0 Å². The number of hydrogen-bond donors (Lipinski definition) is 1. The molecule has 1 N–H and O–H groups in total. The van der Waals surface area contributed by atoms with Crippen molar-refractivity contribution < 1.29 is 14.3 Å². The van der Waals surface area contributed by atoms with E-state index in [9.17, 15) is 4.79 Å². The maximum absolute atomic E-state index is 10.7. The lowest BCUT2D eigenvalue weighted by atomic mass is 9.91. The number of furan rings is 1. The Morgan fingerprint density at radius 3 is 3.07 bits per heavy atom. The molecule has 76 valence electrons. The molecule has 0 radical (unpaired) electrons. The molecule has 0 saturated carbocycles. The Hall–Kier alpha value is -1.25. The first-order valence-corrected chi connectivity index (χ1v) is 4.89. The van der Waals surface area contributed by atoms with Crippen molar-refractivity contribution in [2.24, 2.45) is 5.92 Å². The molecule has 2 unspecified atom stereocenters. The van der Waals surface area contributed by atoms with Crippen LogP contribution in [0.15, 0.2) is 10.5 Å². The van der Waals surface area contributed by atoms with E-state index < -0.39 is 5.97 Å². The van der Waals surface area contributed by atoms with Crippen LogP contribution in [0.4, 0.5) is 0 Å². The lowest BCUT2D eigenvalue weighted by Gasteiger charge is -2.12. The molecule has 0 bridgehead atoms. The molecular weight excluding hydrogens is 180 g/mol. The van der Waals surface area contributed by atoms with Crippen molar-refractivity contribution in [3.8, 4) is 0 Å². The van der Waals surface area contributed by atoms with Crippen molar-refractivity contribution in [3.05, 3.63) is 23.2 Å². The van der Waals surface area contributed by atoms with E-state index >= 15 is 0 Å². The average molecular weight is 194 g/mol. The Kier molecular flexibility index (Phi) is 2.10. The molecule has 3 heteroatoms. The summed E-state index contributed by atoms with van der Waals surface area (Å²) in [5.74, 6) is 1.67. The lowest BCUT2D eigenvalue weighted by molar-refractivity contribution is -0.137. The summed E-state index contributed by atoms with van der Waals surface area (Å²) in [4.78, 5) is 10.7. The summed E-state index contributed by atoms with van der Waals surface area (Å²) in [6.45, 7) is 3.99. The number of carboxylic acids is 1. The van der Waals surface area contributed by atoms with Gasteiger partial charge in [-0.25, -0.2) is 0 Å². The van der Waals surface area contributed by atoms with Crippen LogP contribution in [-0.4, -0.2) is 11.1 Å². The van der Waals surface area contributed by atoms with E-state index in [2.05, 4.69) is 6.92 Å². The minimum absolute atomic E-state index is 0.139. The number of fused-ring (bicyclic) bond motifs is 1. The van der Waals surface area contributed by atoms with E-state index in [1.165, 1.54) is 0 Å². The van der Waals surface area contributed by atoms with E-state index in [4.69, 9.17) is 9.52 Å². The fourth-order valence-electron chi connectivity index (χ4n) is 2.30. The Morgan fingerprint density at radius 2 is 2.43 bits per heavy atom. The SMILES string of the molecule is Cc1cc2c(o1)CC(C)C2CC(=O)O. The monoisotopic (exact) mass is 194 g/mol. The summed E-state index contributed by atoms with van der Waals surface area (Å²) >= 11 is 0. The van der Waals surface area contributed by atoms with Crippen LogP contribution in [0, 0.1) is 12.8 Å². The average Bonchev–Trinajstić information content (AvgIpc) is 2.51. The summed E-state index contributed by atoms with van der Waals surface area (Å²) in [6, 6.07) is 1.98. The van der Waals surface area contributed by atoms with Crippen LogP contribution in [0.1, 0.15) is 36.3 Å². The predicted molar refractivity (Wildman–Crippen MR) is 51.3 cm³/mol. The van der Waals surface area contributed by atoms with E-state index in [1.807, 2.05) is 13.0 Å². The number of carboxylic acid groups (broad SMARTS) is 1. The fourth-order valence-corrected chi connectivity index (χ4v) is 2.30. The van der Waals surface area contributed by atoms with Crippen LogP contribution in [-0.2, 0) is 11.2 Å². The summed E-state index contributed by atoms with van der Waals surface area (Å²) in [5, 5.41) is 8.79. The first-order chi connectivity index (χ1) is 6.58. The molecule has 3 nitrogen and oxygen atoms in total. The molecule has 0 aliphatic heterocycles. The van der Waals surface area contributed by atoms with Gasteiger partial charge in [-0.1, -0.05) is 6.92 Å². The molecule has 1 aliphatic carbocycles. The molecule has 1 heterocycles. The molecule has 0 spiro atoms. The van der Waals surface area contributed by atoms with Crippen molar-refractivity contribution in [1.82, 2.24) is 0 Å². The molecule has 2 atom stereocenters. The van der Waals surface area contributed by atoms with Crippen molar-refractivity contribution in [2.45, 2.75) is 32.6 Å². The molecule has 2 rings (SSSR count). The number of carbonyl (C=O) groups is 1. The highest BCUT2D eigenvalue weighted by atomic mass is 16.4. The summed E-state index contributed by atoms with van der Waals surface area (Å²) < 4.78 is 5.52. The number of aryl methyl sites for hydroxylation is 1. The first kappa shape index (κ1) is 9.31. The second-order valence-electron chi connectivity index (χ2n) is 4.12. The zero-order chi connectivity index (χ0) is 10.3. The molecule has 0 aromatic carbocycles. The zero-order valence-electron chi connectivity index (χ0n) is 8.41. The smallest absolute Gasteiger partial charge is 0.303 e. The Balaban J connectivity index is 2.28. The van der Waals surface area contributed by atoms with Gasteiger partial charge in [0.2, 0.25) is 0 Å². The van der Waals surface area contributed by atoms with Gasteiger partial charge >= 0.3 is 5.97 Å². The van der Waals surface area contributed by atoms with E-state index in [1.54, 1.807) is 0 Å². The Labute approximate surface area is 82.7 Å². The van der Waals surface area contributed by atoms with Gasteiger partial charge < -0.3 is 9.52 Å². The molecule has 1 aromatic heterocycles. The quantitative estimate of drug-likeness (QED) is 0.786. The maximum Gasteiger partial charge on any atom is 0.303 e. The summed E-state index contributed by atoms with van der Waals surface area (Å²) in [6.07, 6.45) is 1.09. The van der Waals surface area contributed by atoms with Crippen molar-refractivity contribution >= 4 is 5.97 Å². The highest BCUT2D eigenvalue weighted by Crippen LogP contribution is 2.41. The van der Waals surface area contributed by atoms with Crippen molar-refractivity contribution in [3.63, 3.8) is 0 Å². The van der Waals surface area contributed by atoms with Crippen molar-refractivity contribution in [1.29, 1.82) is 0 Å². The molecular formula is C11H14O3. The van der Waals surface area contributed by atoms with Crippen molar-refractivity contribution in [2.75, 3.05) is 0 Å². The largest absolute Gasteiger partial charge is 0.481 e. The molecule has 1 aliphatic rings. The predicted octanol–water partition coefficient (Wildman–Crippen LogP) is 2.34. The van der Waals surface area contributed by atoms with Gasteiger partial charge in [-0.3, -0.25) is 4.79 Å². The van der Waals surface area contributed by atoms with Gasteiger partial charge in [0.15, 0.2) is 0 Å². The number of hydrogen-bond acceptors (Lipinski definition) is 2. The normalized spacial score (nSPS) is 25.0. The topological polar surface area (TPSA) is 50.4 Å². The van der Waals surface area contributed by atoms with Crippen LogP contribution in [0.5, 0.6) is 0 Å². The minimum Gasteiger partial charge on any atom is -0.481 e. The molecule has 1 aromatic rings. The third-order valence-electron chi connectivity index (χ3n) is 2.95. The van der Waals surface area contributed by atoms with Gasteiger partial charge in [-0.15, -0.1) is 0 Å². The third-order valence-corrected chi connectivity index (χ3v) is 2.95. The van der Waals surface area contributed by atoms with Gasteiger partial charge in [-0.2, -0.15) is 0 Å². The third kappa shape index (κ3) is 1.43. The number of rotatable bonds is 2. The van der Waals surface area contributed by atoms with E-state index in [-0.39, 0.29) is 12.3 Å². The molecule has 0 fully saturated rings. The van der Waals surface area contributed by atoms with Crippen LogP contribution >= 0.6 is 0 Å². The highest BCUT2D eigenvalue weighted by Gasteiger charge is 2.33. The second-order valence-corrected chi connectivity index (χ2v) is 4.12. The second kappa shape index (κ2) is 3.15. The summed E-state index contributed by atoms with van der Waals surface area (Å²) in [7, 11) is 0. The standard InChI is InChI=1S/C11H14O3/c1-6-3-10-9(4-7(2)14-10)8(6)5-11(12)13/h4,6,8H,3,5H2,1-2H3,(H,12,13).